The first kappa shape index (κ1) is 20.4. The van der Waals surface area contributed by atoms with Gasteiger partial charge in [0, 0.05) is 42.7 Å². The quantitative estimate of drug-likeness (QED) is 0.645. The molecule has 7 nitrogen and oxygen atoms in total. The zero-order valence-electron chi connectivity index (χ0n) is 15.4. The van der Waals surface area contributed by atoms with Crippen LogP contribution < -0.4 is 15.4 Å². The Hall–Kier alpha value is -2.87. The minimum atomic E-state index is -0.287. The van der Waals surface area contributed by atoms with Crippen molar-refractivity contribution in [3.8, 4) is 5.75 Å². The van der Waals surface area contributed by atoms with Crippen molar-refractivity contribution < 1.29 is 19.1 Å². The molecule has 2 aromatic rings. The molecule has 0 aliphatic carbocycles. The Morgan fingerprint density at radius 2 is 2.04 bits per heavy atom. The normalized spacial score (nSPS) is 10.1. The summed E-state index contributed by atoms with van der Waals surface area (Å²) < 4.78 is 5.11. The number of ether oxygens (including phenoxy) is 1. The smallest absolute Gasteiger partial charge is 0.252 e. The van der Waals surface area contributed by atoms with E-state index in [4.69, 9.17) is 4.74 Å². The molecule has 0 atom stereocenters. The number of hydrogen-bond acceptors (Lipinski definition) is 5. The van der Waals surface area contributed by atoms with Crippen LogP contribution in [0.25, 0.3) is 0 Å². The van der Waals surface area contributed by atoms with Crippen LogP contribution in [0.2, 0.25) is 0 Å². The molecule has 0 saturated carbocycles. The molecule has 0 aliphatic rings. The molecular formula is C19H23N3O4S. The van der Waals surface area contributed by atoms with Gasteiger partial charge in [0.1, 0.15) is 5.75 Å². The zero-order valence-corrected chi connectivity index (χ0v) is 16.2. The number of carbonyl (C=O) groups excluding carboxylic acids is 3. The standard InChI is InChI=1S/C19H23N3O4S/c1-22(12-17(23)21-15-5-3-6-16(11-15)26-2)18(24)7-4-9-20-19(25)14-8-10-27-13-14/h3,5-6,8,10-11,13H,4,7,9,12H2,1-2H3,(H,20,25)(H,21,23). The number of nitrogens with one attached hydrogen (secondary N) is 2. The van der Waals surface area contributed by atoms with Crippen LogP contribution >= 0.6 is 11.3 Å². The number of amides is 3. The Morgan fingerprint density at radius 3 is 2.74 bits per heavy atom. The van der Waals surface area contributed by atoms with Gasteiger partial charge >= 0.3 is 0 Å². The topological polar surface area (TPSA) is 87.7 Å². The second kappa shape index (κ2) is 10.3. The van der Waals surface area contributed by atoms with Crippen LogP contribution in [0.15, 0.2) is 41.1 Å². The molecule has 0 spiro atoms. The first-order valence-electron chi connectivity index (χ1n) is 8.48. The SMILES string of the molecule is COc1cccc(NC(=O)CN(C)C(=O)CCCNC(=O)c2ccsc2)c1. The molecular weight excluding hydrogens is 366 g/mol. The van der Waals surface area contributed by atoms with Crippen molar-refractivity contribution in [1.29, 1.82) is 0 Å². The third-order valence-electron chi connectivity index (χ3n) is 3.80. The Labute approximate surface area is 162 Å². The van der Waals surface area contributed by atoms with Crippen LogP contribution in [0.4, 0.5) is 5.69 Å². The lowest BCUT2D eigenvalue weighted by Gasteiger charge is -2.17. The van der Waals surface area contributed by atoms with Gasteiger partial charge in [-0.2, -0.15) is 11.3 Å². The largest absolute Gasteiger partial charge is 0.497 e. The first-order chi connectivity index (χ1) is 13.0. The molecule has 2 rings (SSSR count). The Kier molecular flexibility index (Phi) is 7.81. The maximum Gasteiger partial charge on any atom is 0.252 e. The zero-order chi connectivity index (χ0) is 19.6. The third-order valence-corrected chi connectivity index (χ3v) is 4.48. The molecule has 0 unspecified atom stereocenters. The van der Waals surface area contributed by atoms with Crippen molar-refractivity contribution >= 4 is 34.7 Å². The summed E-state index contributed by atoms with van der Waals surface area (Å²) in [5.74, 6) is 0.0573. The average molecular weight is 389 g/mol. The molecule has 0 radical (unpaired) electrons. The van der Waals surface area contributed by atoms with Gasteiger partial charge in [0.15, 0.2) is 0 Å². The van der Waals surface area contributed by atoms with E-state index in [1.165, 1.54) is 16.2 Å². The molecule has 0 fully saturated rings. The molecule has 0 aliphatic heterocycles. The number of methoxy groups -OCH3 is 1. The van der Waals surface area contributed by atoms with Gasteiger partial charge in [0.25, 0.3) is 5.91 Å². The van der Waals surface area contributed by atoms with Gasteiger partial charge in [-0.3, -0.25) is 14.4 Å². The second-order valence-corrected chi connectivity index (χ2v) is 6.68. The third kappa shape index (κ3) is 6.74. The van der Waals surface area contributed by atoms with Gasteiger partial charge < -0.3 is 20.3 Å². The van der Waals surface area contributed by atoms with Gasteiger partial charge in [0.2, 0.25) is 11.8 Å². The molecule has 144 valence electrons. The van der Waals surface area contributed by atoms with Gasteiger partial charge in [-0.15, -0.1) is 0 Å². The van der Waals surface area contributed by atoms with Crippen molar-refractivity contribution in [3.05, 3.63) is 46.7 Å². The number of rotatable bonds is 9. The summed E-state index contributed by atoms with van der Waals surface area (Å²) in [5.41, 5.74) is 1.23. The molecule has 1 aromatic carbocycles. The molecule has 0 bridgehead atoms. The summed E-state index contributed by atoms with van der Waals surface area (Å²) in [7, 11) is 3.13. The fraction of sp³-hybridized carbons (Fsp3) is 0.316. The number of anilines is 1. The lowest BCUT2D eigenvalue weighted by atomic mass is 10.2. The Balaban J connectivity index is 1.68. The maximum absolute atomic E-state index is 12.1. The average Bonchev–Trinajstić information content (AvgIpc) is 3.19. The summed E-state index contributed by atoms with van der Waals surface area (Å²) in [6.45, 7) is 0.363. The van der Waals surface area contributed by atoms with E-state index in [9.17, 15) is 14.4 Å². The van der Waals surface area contributed by atoms with Crippen LogP contribution in [-0.4, -0.2) is 49.9 Å². The highest BCUT2D eigenvalue weighted by Crippen LogP contribution is 2.16. The summed E-state index contributed by atoms with van der Waals surface area (Å²) in [4.78, 5) is 37.4. The number of benzene rings is 1. The monoisotopic (exact) mass is 389 g/mol. The maximum atomic E-state index is 12.1. The minimum Gasteiger partial charge on any atom is -0.497 e. The minimum absolute atomic E-state index is 0.0443. The van der Waals surface area contributed by atoms with E-state index in [0.29, 0.717) is 30.0 Å². The number of nitrogens with zero attached hydrogens (tertiary/aromatic N) is 1. The number of thiophene rings is 1. The van der Waals surface area contributed by atoms with E-state index < -0.39 is 0 Å². The lowest BCUT2D eigenvalue weighted by Crippen LogP contribution is -2.35. The van der Waals surface area contributed by atoms with E-state index in [0.717, 1.165) is 0 Å². The highest BCUT2D eigenvalue weighted by Gasteiger charge is 2.13. The summed E-state index contributed by atoms with van der Waals surface area (Å²) in [6.07, 6.45) is 0.767. The highest BCUT2D eigenvalue weighted by molar-refractivity contribution is 7.08. The molecule has 27 heavy (non-hydrogen) atoms. The number of carbonyl (C=O) groups is 3. The van der Waals surface area contributed by atoms with E-state index >= 15 is 0 Å². The van der Waals surface area contributed by atoms with Gasteiger partial charge in [0.05, 0.1) is 13.7 Å². The Morgan fingerprint density at radius 1 is 1.22 bits per heavy atom. The fourth-order valence-corrected chi connectivity index (χ4v) is 2.97. The molecule has 2 N–H and O–H groups in total. The second-order valence-electron chi connectivity index (χ2n) is 5.90. The summed E-state index contributed by atoms with van der Waals surface area (Å²) in [5, 5.41) is 9.11. The summed E-state index contributed by atoms with van der Waals surface area (Å²) >= 11 is 1.46. The van der Waals surface area contributed by atoms with Gasteiger partial charge in [-0.25, -0.2) is 0 Å². The number of likely N-dealkylation sites (N-methyl/N-ethyl adjacent to an activating group) is 1. The predicted molar refractivity (Wildman–Crippen MR) is 105 cm³/mol. The van der Waals surface area contributed by atoms with Gasteiger partial charge in [-0.1, -0.05) is 6.07 Å². The van der Waals surface area contributed by atoms with Crippen LogP contribution in [0.5, 0.6) is 5.75 Å². The van der Waals surface area contributed by atoms with Crippen LogP contribution in [-0.2, 0) is 9.59 Å². The van der Waals surface area contributed by atoms with Crippen LogP contribution in [0.1, 0.15) is 23.2 Å². The van der Waals surface area contributed by atoms with Crippen LogP contribution in [0, 0.1) is 0 Å². The van der Waals surface area contributed by atoms with Crippen LogP contribution in [0.3, 0.4) is 0 Å². The Bertz CT molecular complexity index is 777. The molecule has 1 heterocycles. The van der Waals surface area contributed by atoms with E-state index in [1.807, 2.05) is 5.38 Å². The summed E-state index contributed by atoms with van der Waals surface area (Å²) in [6, 6.07) is 8.75. The first-order valence-corrected chi connectivity index (χ1v) is 9.42. The van der Waals surface area contributed by atoms with E-state index in [1.54, 1.807) is 49.9 Å². The lowest BCUT2D eigenvalue weighted by molar-refractivity contribution is -0.133. The highest BCUT2D eigenvalue weighted by atomic mass is 32.1. The van der Waals surface area contributed by atoms with E-state index in [2.05, 4.69) is 10.6 Å². The molecule has 3 amide bonds. The van der Waals surface area contributed by atoms with Crippen molar-refractivity contribution in [2.45, 2.75) is 12.8 Å². The van der Waals surface area contributed by atoms with Crippen molar-refractivity contribution in [2.75, 3.05) is 32.6 Å². The van der Waals surface area contributed by atoms with Crippen molar-refractivity contribution in [1.82, 2.24) is 10.2 Å². The van der Waals surface area contributed by atoms with E-state index in [-0.39, 0.29) is 30.7 Å². The van der Waals surface area contributed by atoms with Gasteiger partial charge in [-0.05, 0) is 30.0 Å². The van der Waals surface area contributed by atoms with Crippen molar-refractivity contribution in [3.63, 3.8) is 0 Å². The fourth-order valence-electron chi connectivity index (χ4n) is 2.33. The molecule has 1 aromatic heterocycles. The van der Waals surface area contributed by atoms with Crippen molar-refractivity contribution in [2.24, 2.45) is 0 Å². The molecule has 8 heteroatoms. The predicted octanol–water partition coefficient (Wildman–Crippen LogP) is 2.36. The number of hydrogen-bond donors (Lipinski definition) is 2. The molecule has 0 saturated heterocycles.